The molecule has 4 aromatic carbocycles. The van der Waals surface area contributed by atoms with Gasteiger partial charge in [0.2, 0.25) is 0 Å². The number of fused-ring (bicyclic) bond motifs is 4. The Labute approximate surface area is 211 Å². The number of hydrogen-bond donors (Lipinski definition) is 0. The fraction of sp³-hybridized carbons (Fsp3) is 0. The average Bonchev–Trinajstić information content (AvgIpc) is 3.32. The van der Waals surface area contributed by atoms with Gasteiger partial charge in [-0.15, -0.1) is 0 Å². The van der Waals surface area contributed by atoms with Crippen LogP contribution >= 0.6 is 11.6 Å². The van der Waals surface area contributed by atoms with Gasteiger partial charge in [-0.1, -0.05) is 72.3 Å². The van der Waals surface area contributed by atoms with Gasteiger partial charge in [-0.05, 0) is 35.7 Å². The van der Waals surface area contributed by atoms with Crippen LogP contribution in [0, 0.1) is 0 Å². The monoisotopic (exact) mass is 484 g/mol. The Balaban J connectivity index is 1.55. The first-order valence-electron chi connectivity index (χ1n) is 11.5. The van der Waals surface area contributed by atoms with Crippen LogP contribution in [0.3, 0.4) is 0 Å². The topological polar surface area (TPSA) is 64.7 Å². The SMILES string of the molecule is Clc1ccc(-c2nc(-c3ccccc3)nc(-c3ccccc3)n2)c2c1oc1cc3cnccc3cc12. The molecule has 0 unspecified atom stereocenters. The zero-order valence-electron chi connectivity index (χ0n) is 18.9. The lowest BCUT2D eigenvalue weighted by Gasteiger charge is -2.09. The number of rotatable bonds is 3. The first-order valence-corrected chi connectivity index (χ1v) is 11.9. The molecule has 0 fully saturated rings. The summed E-state index contributed by atoms with van der Waals surface area (Å²) in [6.07, 6.45) is 3.61. The molecule has 170 valence electrons. The molecule has 36 heavy (non-hydrogen) atoms. The molecule has 0 radical (unpaired) electrons. The Morgan fingerprint density at radius 2 is 1.31 bits per heavy atom. The highest BCUT2D eigenvalue weighted by Crippen LogP contribution is 2.41. The Kier molecular flexibility index (Phi) is 4.76. The molecule has 0 aliphatic carbocycles. The molecule has 0 aliphatic rings. The van der Waals surface area contributed by atoms with Crippen LogP contribution in [0.1, 0.15) is 0 Å². The van der Waals surface area contributed by atoms with Gasteiger partial charge in [0.25, 0.3) is 0 Å². The molecule has 0 N–H and O–H groups in total. The lowest BCUT2D eigenvalue weighted by molar-refractivity contribution is 0.669. The van der Waals surface area contributed by atoms with Gasteiger partial charge in [-0.3, -0.25) is 4.98 Å². The van der Waals surface area contributed by atoms with Gasteiger partial charge < -0.3 is 4.42 Å². The number of nitrogens with zero attached hydrogens (tertiary/aromatic N) is 4. The molecule has 0 bridgehead atoms. The molecule has 3 heterocycles. The fourth-order valence-electron chi connectivity index (χ4n) is 4.54. The van der Waals surface area contributed by atoms with Gasteiger partial charge in [-0.25, -0.2) is 15.0 Å². The minimum absolute atomic E-state index is 0.535. The van der Waals surface area contributed by atoms with Gasteiger partial charge in [0.05, 0.1) is 5.02 Å². The second-order valence-corrected chi connectivity index (χ2v) is 8.92. The third-order valence-electron chi connectivity index (χ3n) is 6.27. The van der Waals surface area contributed by atoms with Crippen molar-refractivity contribution in [2.24, 2.45) is 0 Å². The van der Waals surface area contributed by atoms with E-state index in [0.29, 0.717) is 28.1 Å². The van der Waals surface area contributed by atoms with Crippen LogP contribution < -0.4 is 0 Å². The van der Waals surface area contributed by atoms with Crippen LogP contribution in [0.15, 0.2) is 108 Å². The van der Waals surface area contributed by atoms with Crippen molar-refractivity contribution >= 4 is 44.3 Å². The minimum Gasteiger partial charge on any atom is -0.454 e. The Hall–Kier alpha value is -4.61. The van der Waals surface area contributed by atoms with Gasteiger partial charge in [0, 0.05) is 45.2 Å². The third-order valence-corrected chi connectivity index (χ3v) is 6.57. The summed E-state index contributed by atoms with van der Waals surface area (Å²) in [6, 6.07) is 29.7. The summed E-state index contributed by atoms with van der Waals surface area (Å²) >= 11 is 6.61. The first-order chi connectivity index (χ1) is 17.7. The molecule has 0 atom stereocenters. The number of furan rings is 1. The molecule has 7 rings (SSSR count). The van der Waals surface area contributed by atoms with E-state index >= 15 is 0 Å². The van der Waals surface area contributed by atoms with Crippen LogP contribution in [0.25, 0.3) is 66.9 Å². The maximum Gasteiger partial charge on any atom is 0.164 e. The standard InChI is InChI=1S/C30H17ClN4O/c31-24-12-11-22(26-23-15-20-13-14-32-17-21(20)16-25(23)36-27(24)26)30-34-28(18-7-3-1-4-8-18)33-29(35-30)19-9-5-2-6-10-19/h1-17H. The predicted octanol–water partition coefficient (Wildman–Crippen LogP) is 7.97. The molecular formula is C30H17ClN4O. The van der Waals surface area contributed by atoms with Gasteiger partial charge in [0.15, 0.2) is 23.1 Å². The molecule has 0 saturated heterocycles. The third kappa shape index (κ3) is 3.41. The van der Waals surface area contributed by atoms with E-state index in [1.54, 1.807) is 6.20 Å². The highest BCUT2D eigenvalue weighted by Gasteiger charge is 2.20. The van der Waals surface area contributed by atoms with E-state index in [-0.39, 0.29) is 0 Å². The summed E-state index contributed by atoms with van der Waals surface area (Å²) in [6.45, 7) is 0. The zero-order valence-corrected chi connectivity index (χ0v) is 19.6. The summed E-state index contributed by atoms with van der Waals surface area (Å²) in [5.74, 6) is 1.76. The van der Waals surface area contributed by atoms with E-state index in [2.05, 4.69) is 11.1 Å². The van der Waals surface area contributed by atoms with Crippen molar-refractivity contribution < 1.29 is 4.42 Å². The number of halogens is 1. The van der Waals surface area contributed by atoms with Crippen molar-refractivity contribution in [3.8, 4) is 34.2 Å². The molecular weight excluding hydrogens is 468 g/mol. The van der Waals surface area contributed by atoms with E-state index in [1.165, 1.54) is 0 Å². The predicted molar refractivity (Wildman–Crippen MR) is 144 cm³/mol. The van der Waals surface area contributed by atoms with Crippen molar-refractivity contribution in [2.75, 3.05) is 0 Å². The van der Waals surface area contributed by atoms with Gasteiger partial charge >= 0.3 is 0 Å². The Morgan fingerprint density at radius 3 is 2.00 bits per heavy atom. The zero-order chi connectivity index (χ0) is 24.1. The molecule has 0 spiro atoms. The first kappa shape index (κ1) is 20.7. The van der Waals surface area contributed by atoms with E-state index in [1.807, 2.05) is 91.1 Å². The Bertz CT molecular complexity index is 1840. The van der Waals surface area contributed by atoms with Crippen LogP contribution in [0.4, 0.5) is 0 Å². The quantitative estimate of drug-likeness (QED) is 0.254. The lowest BCUT2D eigenvalue weighted by atomic mass is 10.0. The van der Waals surface area contributed by atoms with Gasteiger partial charge in [0.1, 0.15) is 5.58 Å². The summed E-state index contributed by atoms with van der Waals surface area (Å²) in [7, 11) is 0. The molecule has 3 aromatic heterocycles. The van der Waals surface area contributed by atoms with Crippen molar-refractivity contribution in [1.29, 1.82) is 0 Å². The summed E-state index contributed by atoms with van der Waals surface area (Å²) in [5, 5.41) is 4.42. The molecule has 0 saturated carbocycles. The molecule has 0 amide bonds. The van der Waals surface area contributed by atoms with Crippen molar-refractivity contribution in [1.82, 2.24) is 19.9 Å². The fourth-order valence-corrected chi connectivity index (χ4v) is 4.74. The smallest absolute Gasteiger partial charge is 0.164 e. The molecule has 0 aliphatic heterocycles. The lowest BCUT2D eigenvalue weighted by Crippen LogP contribution is -2.00. The second kappa shape index (κ2) is 8.26. The minimum atomic E-state index is 0.535. The normalized spacial score (nSPS) is 11.5. The number of pyridine rings is 1. The molecule has 6 heteroatoms. The summed E-state index contributed by atoms with van der Waals surface area (Å²) in [4.78, 5) is 18.9. The number of hydrogen-bond acceptors (Lipinski definition) is 5. The largest absolute Gasteiger partial charge is 0.454 e. The van der Waals surface area contributed by atoms with Crippen LogP contribution in [0.5, 0.6) is 0 Å². The second-order valence-electron chi connectivity index (χ2n) is 8.51. The maximum atomic E-state index is 6.61. The highest BCUT2D eigenvalue weighted by molar-refractivity contribution is 6.36. The van der Waals surface area contributed by atoms with Gasteiger partial charge in [-0.2, -0.15) is 0 Å². The highest BCUT2D eigenvalue weighted by atomic mass is 35.5. The van der Waals surface area contributed by atoms with E-state index < -0.39 is 0 Å². The van der Waals surface area contributed by atoms with E-state index in [0.717, 1.165) is 43.8 Å². The van der Waals surface area contributed by atoms with Crippen molar-refractivity contribution in [2.45, 2.75) is 0 Å². The number of aromatic nitrogens is 4. The summed E-state index contributed by atoms with van der Waals surface area (Å²) < 4.78 is 6.25. The maximum absolute atomic E-state index is 6.61. The van der Waals surface area contributed by atoms with Crippen molar-refractivity contribution in [3.63, 3.8) is 0 Å². The Morgan fingerprint density at radius 1 is 0.639 bits per heavy atom. The van der Waals surface area contributed by atoms with Crippen LogP contribution in [-0.2, 0) is 0 Å². The average molecular weight is 485 g/mol. The van der Waals surface area contributed by atoms with Crippen LogP contribution in [0.2, 0.25) is 5.02 Å². The van der Waals surface area contributed by atoms with Crippen LogP contribution in [-0.4, -0.2) is 19.9 Å². The van der Waals surface area contributed by atoms with E-state index in [4.69, 9.17) is 31.0 Å². The van der Waals surface area contributed by atoms with E-state index in [9.17, 15) is 0 Å². The molecule has 7 aromatic rings. The summed E-state index contributed by atoms with van der Waals surface area (Å²) in [5.41, 5.74) is 4.01. The number of benzene rings is 4. The molecule has 5 nitrogen and oxygen atoms in total. The van der Waals surface area contributed by atoms with Crippen molar-refractivity contribution in [3.05, 3.63) is 108 Å².